The van der Waals surface area contributed by atoms with E-state index in [2.05, 4.69) is 203 Å². The number of aliphatic hydroxyl groups is 2. The van der Waals surface area contributed by atoms with Crippen LogP contribution in [0.25, 0.3) is 22.5 Å². The van der Waals surface area contributed by atoms with E-state index in [9.17, 15) is 15.0 Å². The van der Waals surface area contributed by atoms with Crippen LogP contribution in [0, 0.1) is 45.4 Å². The van der Waals surface area contributed by atoms with Crippen molar-refractivity contribution < 1.29 is 19.7 Å². The van der Waals surface area contributed by atoms with Crippen LogP contribution in [0.5, 0.6) is 0 Å². The lowest BCUT2D eigenvalue weighted by Gasteiger charge is -2.34. The van der Waals surface area contributed by atoms with Crippen molar-refractivity contribution >= 4 is 5.97 Å². The third-order valence-electron chi connectivity index (χ3n) is 15.8. The van der Waals surface area contributed by atoms with Gasteiger partial charge in [-0.25, -0.2) is 0 Å². The fourth-order valence-electron chi connectivity index (χ4n) is 10.6. The number of carbonyl (C=O) groups is 1. The highest BCUT2D eigenvalue weighted by Gasteiger charge is 2.33. The van der Waals surface area contributed by atoms with Gasteiger partial charge in [-0.2, -0.15) is 20.4 Å². The maximum atomic E-state index is 12.0. The van der Waals surface area contributed by atoms with Gasteiger partial charge in [-0.05, 0) is 183 Å². The standard InChI is InChI=1S/C34H46N2O3.C31H42N2O/c1-9-34(10-2,27-14-12-26(23(4)18-27)13-17-31(37)33(6,7)8)28-15-16-29(24(5)19-28)30-20-25(22-35-36-30)21-32(38)39-11-3;1-9-31(10-2,25-13-11-24(22(4)18-25)12-16-29(34)30(6,7)8)26-14-15-27(23(5)19-26)28-17-21(3)20-32-33-28/h12,14-16,18-20,22,31,37H,9-11,13,17,21H2,1-8H3;11,13-15,17-20,29,34H,9-10,12,16H2,1-8H3. The van der Waals surface area contributed by atoms with Crippen LogP contribution in [0.3, 0.4) is 0 Å². The van der Waals surface area contributed by atoms with Gasteiger partial charge in [-0.1, -0.05) is 142 Å². The number of rotatable bonds is 19. The van der Waals surface area contributed by atoms with E-state index in [-0.39, 0.29) is 46.3 Å². The Morgan fingerprint density at radius 1 is 0.521 bits per heavy atom. The van der Waals surface area contributed by atoms with Gasteiger partial charge in [0.25, 0.3) is 0 Å². The molecule has 2 atom stereocenters. The van der Waals surface area contributed by atoms with Crippen molar-refractivity contribution in [2.75, 3.05) is 6.61 Å². The van der Waals surface area contributed by atoms with E-state index >= 15 is 0 Å². The number of benzene rings is 4. The number of aliphatic hydroxyl groups excluding tert-OH is 2. The molecular weight excluding hydrogens is 901 g/mol. The minimum absolute atomic E-state index is 0.0320. The number of esters is 1. The number of ether oxygens (including phenoxy) is 1. The van der Waals surface area contributed by atoms with Crippen LogP contribution in [-0.4, -0.2) is 55.4 Å². The van der Waals surface area contributed by atoms with Crippen LogP contribution >= 0.6 is 0 Å². The Hall–Kier alpha value is -5.57. The monoisotopic (exact) mass is 989 g/mol. The quantitative estimate of drug-likeness (QED) is 0.0771. The summed E-state index contributed by atoms with van der Waals surface area (Å²) in [6.07, 6.45) is 10.4. The van der Waals surface area contributed by atoms with Crippen molar-refractivity contribution in [2.24, 2.45) is 10.8 Å². The molecule has 2 aromatic heterocycles. The fraction of sp³-hybridized carbons (Fsp3) is 0.492. The molecule has 2 N–H and O–H groups in total. The van der Waals surface area contributed by atoms with Crippen molar-refractivity contribution in [3.63, 3.8) is 0 Å². The SMILES string of the molecule is CCC(CC)(c1ccc(CCC(O)C(C)(C)C)c(C)c1)c1ccc(-c2cc(C)cnn2)c(C)c1.CCOC(=O)Cc1cnnc(-c2ccc(C(CC)(CC)c3ccc(CCC(O)C(C)(C)C)c(C)c3)cc2C)c1. The molecular formula is C65H88N4O4. The van der Waals surface area contributed by atoms with E-state index in [1.54, 1.807) is 19.3 Å². The lowest BCUT2D eigenvalue weighted by atomic mass is 9.69. The second kappa shape index (κ2) is 25.1. The molecule has 73 heavy (non-hydrogen) atoms. The highest BCUT2D eigenvalue weighted by molar-refractivity contribution is 5.73. The highest BCUT2D eigenvalue weighted by Crippen LogP contribution is 2.43. The lowest BCUT2D eigenvalue weighted by Crippen LogP contribution is -2.27. The van der Waals surface area contributed by atoms with Crippen LogP contribution in [-0.2, 0) is 39.6 Å². The molecule has 6 aromatic rings. The first-order valence-electron chi connectivity index (χ1n) is 27.0. The Bertz CT molecular complexity index is 2770. The van der Waals surface area contributed by atoms with Gasteiger partial charge in [-0.15, -0.1) is 0 Å². The Morgan fingerprint density at radius 2 is 0.904 bits per heavy atom. The third-order valence-corrected chi connectivity index (χ3v) is 15.8. The van der Waals surface area contributed by atoms with Crippen LogP contribution in [0.1, 0.15) is 181 Å². The smallest absolute Gasteiger partial charge is 0.310 e. The predicted molar refractivity (Wildman–Crippen MR) is 302 cm³/mol. The van der Waals surface area contributed by atoms with Gasteiger partial charge in [-0.3, -0.25) is 4.79 Å². The summed E-state index contributed by atoms with van der Waals surface area (Å²) < 4.78 is 5.09. The molecule has 2 unspecified atom stereocenters. The van der Waals surface area contributed by atoms with E-state index < -0.39 is 0 Å². The number of aromatic nitrogens is 4. The first kappa shape index (κ1) is 58.3. The Labute approximate surface area is 439 Å². The largest absolute Gasteiger partial charge is 0.466 e. The van der Waals surface area contributed by atoms with Gasteiger partial charge < -0.3 is 14.9 Å². The number of hydrogen-bond donors (Lipinski definition) is 2. The zero-order valence-electron chi connectivity index (χ0n) is 47.5. The molecule has 392 valence electrons. The summed E-state index contributed by atoms with van der Waals surface area (Å²) in [4.78, 5) is 12.0. The zero-order valence-corrected chi connectivity index (χ0v) is 47.5. The molecule has 4 aromatic carbocycles. The fourth-order valence-corrected chi connectivity index (χ4v) is 10.6. The van der Waals surface area contributed by atoms with Crippen molar-refractivity contribution in [1.82, 2.24) is 20.4 Å². The van der Waals surface area contributed by atoms with E-state index in [1.165, 1.54) is 50.1 Å². The average molecular weight is 989 g/mol. The Morgan fingerprint density at radius 3 is 1.26 bits per heavy atom. The van der Waals surface area contributed by atoms with Gasteiger partial charge in [0.15, 0.2) is 0 Å². The Balaban J connectivity index is 0.000000273. The molecule has 0 aliphatic heterocycles. The van der Waals surface area contributed by atoms with Crippen LogP contribution in [0.15, 0.2) is 97.3 Å². The zero-order chi connectivity index (χ0) is 53.9. The number of nitrogens with zero attached hydrogens (tertiary/aromatic N) is 4. The molecule has 0 radical (unpaired) electrons. The molecule has 0 saturated carbocycles. The van der Waals surface area contributed by atoms with Gasteiger partial charge in [0.1, 0.15) is 0 Å². The molecule has 2 heterocycles. The van der Waals surface area contributed by atoms with Crippen molar-refractivity contribution in [2.45, 2.75) is 192 Å². The normalized spacial score (nSPS) is 13.0. The average Bonchev–Trinajstić information content (AvgIpc) is 3.34. The second-order valence-corrected chi connectivity index (χ2v) is 22.8. The maximum absolute atomic E-state index is 12.0. The first-order chi connectivity index (χ1) is 34.5. The predicted octanol–water partition coefficient (Wildman–Crippen LogP) is 14.8. The summed E-state index contributed by atoms with van der Waals surface area (Å²) >= 11 is 0. The summed E-state index contributed by atoms with van der Waals surface area (Å²) in [6, 6.07) is 31.4. The summed E-state index contributed by atoms with van der Waals surface area (Å²) in [6.45, 7) is 34.6. The third kappa shape index (κ3) is 14.2. The summed E-state index contributed by atoms with van der Waals surface area (Å²) in [5.41, 5.74) is 18.4. The number of aryl methyl sites for hydroxylation is 7. The van der Waals surface area contributed by atoms with Gasteiger partial charge in [0.2, 0.25) is 0 Å². The molecule has 0 bridgehead atoms. The van der Waals surface area contributed by atoms with E-state index in [0.29, 0.717) is 6.61 Å². The van der Waals surface area contributed by atoms with Gasteiger partial charge in [0, 0.05) is 22.0 Å². The number of carbonyl (C=O) groups excluding carboxylic acids is 1. The van der Waals surface area contributed by atoms with Crippen molar-refractivity contribution in [3.8, 4) is 22.5 Å². The molecule has 0 amide bonds. The maximum Gasteiger partial charge on any atom is 0.310 e. The molecule has 6 rings (SSSR count). The molecule has 8 nitrogen and oxygen atoms in total. The van der Waals surface area contributed by atoms with Crippen LogP contribution < -0.4 is 0 Å². The topological polar surface area (TPSA) is 118 Å². The summed E-state index contributed by atoms with van der Waals surface area (Å²) in [5, 5.41) is 38.0. The first-order valence-corrected chi connectivity index (χ1v) is 27.0. The molecule has 0 spiro atoms. The minimum atomic E-state index is -0.320. The molecule has 0 aliphatic carbocycles. The molecule has 0 saturated heterocycles. The van der Waals surface area contributed by atoms with Crippen molar-refractivity contribution in [1.29, 1.82) is 0 Å². The second-order valence-electron chi connectivity index (χ2n) is 22.8. The molecule has 0 aliphatic rings. The van der Waals surface area contributed by atoms with E-state index in [4.69, 9.17) is 4.74 Å². The van der Waals surface area contributed by atoms with Crippen LogP contribution in [0.4, 0.5) is 0 Å². The van der Waals surface area contributed by atoms with Crippen molar-refractivity contribution in [3.05, 3.63) is 164 Å². The summed E-state index contributed by atoms with van der Waals surface area (Å²) in [5.74, 6) is -0.258. The van der Waals surface area contributed by atoms with Gasteiger partial charge in [0.05, 0.1) is 49.0 Å². The summed E-state index contributed by atoms with van der Waals surface area (Å²) in [7, 11) is 0. The van der Waals surface area contributed by atoms with E-state index in [0.717, 1.165) is 90.6 Å². The number of hydrogen-bond acceptors (Lipinski definition) is 8. The molecule has 8 heteroatoms. The van der Waals surface area contributed by atoms with Crippen LogP contribution in [0.2, 0.25) is 0 Å². The van der Waals surface area contributed by atoms with E-state index in [1.807, 2.05) is 6.07 Å². The lowest BCUT2D eigenvalue weighted by molar-refractivity contribution is -0.142. The Kier molecular flexibility index (Phi) is 20.1. The van der Waals surface area contributed by atoms with Gasteiger partial charge >= 0.3 is 5.97 Å². The molecule has 0 fully saturated rings. The highest BCUT2D eigenvalue weighted by atomic mass is 16.5. The minimum Gasteiger partial charge on any atom is -0.466 e.